The monoisotopic (exact) mass is 369 g/mol. The van der Waals surface area contributed by atoms with Gasteiger partial charge in [0.05, 0.1) is 12.1 Å². The topological polar surface area (TPSA) is 67.6 Å². The lowest BCUT2D eigenvalue weighted by Gasteiger charge is -2.57. The first-order valence-corrected chi connectivity index (χ1v) is 8.85. The molecule has 0 heterocycles. The number of likely N-dealkylation sites (N-methyl/N-ethyl adjacent to an activating group) is 1. The van der Waals surface area contributed by atoms with Gasteiger partial charge >= 0.3 is 0 Å². The minimum absolute atomic E-state index is 0.0536. The Morgan fingerprint density at radius 3 is 2.42 bits per heavy atom. The first-order valence-electron chi connectivity index (χ1n) is 8.85. The van der Waals surface area contributed by atoms with Crippen LogP contribution in [0.15, 0.2) is 18.2 Å². The lowest BCUT2D eigenvalue weighted by atomic mass is 9.54. The molecule has 1 saturated carbocycles. The van der Waals surface area contributed by atoms with Crippen LogP contribution in [0.2, 0.25) is 0 Å². The number of nitrogens with two attached hydrogens (primary N) is 1. The number of rotatable bonds is 7. The molecular weight excluding hydrogens is 340 g/mol. The average Bonchev–Trinajstić information content (AvgIpc) is 2.56. The maximum absolute atomic E-state index is 14.1. The normalized spacial score (nSPS) is 25.7. The highest BCUT2D eigenvalue weighted by molar-refractivity contribution is 5.88. The summed E-state index contributed by atoms with van der Waals surface area (Å²) in [4.78, 5) is 14.4. The van der Waals surface area contributed by atoms with Crippen molar-refractivity contribution in [2.45, 2.75) is 44.9 Å². The standard InChI is InChI=1S/C19H29F2N3O2/c1-6-26-15-10-19(22,18(15,2)3)17(25)23-11-14(24(4)5)16-12(20)8-7-9-13(16)21/h7-9,14-15H,6,10-11,22H2,1-5H3,(H,23,25). The Balaban J connectivity index is 2.12. The molecule has 1 fully saturated rings. The van der Waals surface area contributed by atoms with E-state index >= 15 is 0 Å². The molecule has 0 radical (unpaired) electrons. The summed E-state index contributed by atoms with van der Waals surface area (Å²) in [6, 6.07) is 3.10. The maximum Gasteiger partial charge on any atom is 0.240 e. The molecule has 1 amide bonds. The Morgan fingerprint density at radius 2 is 1.96 bits per heavy atom. The largest absolute Gasteiger partial charge is 0.378 e. The lowest BCUT2D eigenvalue weighted by Crippen LogP contribution is -2.76. The second-order valence-corrected chi connectivity index (χ2v) is 7.67. The quantitative estimate of drug-likeness (QED) is 0.773. The first-order chi connectivity index (χ1) is 12.1. The van der Waals surface area contributed by atoms with E-state index in [1.165, 1.54) is 18.2 Å². The average molecular weight is 369 g/mol. The van der Waals surface area contributed by atoms with Crippen molar-refractivity contribution in [3.05, 3.63) is 35.4 Å². The fourth-order valence-corrected chi connectivity index (χ4v) is 3.54. The van der Waals surface area contributed by atoms with Crippen molar-refractivity contribution in [2.24, 2.45) is 11.1 Å². The third-order valence-corrected chi connectivity index (χ3v) is 5.65. The second kappa shape index (κ2) is 7.58. The lowest BCUT2D eigenvalue weighted by molar-refractivity contribution is -0.170. The molecule has 3 unspecified atom stereocenters. The number of hydrogen-bond acceptors (Lipinski definition) is 4. The van der Waals surface area contributed by atoms with E-state index in [9.17, 15) is 13.6 Å². The van der Waals surface area contributed by atoms with Crippen LogP contribution >= 0.6 is 0 Å². The summed E-state index contributed by atoms with van der Waals surface area (Å²) >= 11 is 0. The second-order valence-electron chi connectivity index (χ2n) is 7.67. The van der Waals surface area contributed by atoms with Crippen LogP contribution in [0.25, 0.3) is 0 Å². The summed E-state index contributed by atoms with van der Waals surface area (Å²) < 4.78 is 33.9. The van der Waals surface area contributed by atoms with Crippen LogP contribution in [0.3, 0.4) is 0 Å². The molecule has 1 aromatic carbocycles. The fourth-order valence-electron chi connectivity index (χ4n) is 3.54. The van der Waals surface area contributed by atoms with Crippen molar-refractivity contribution in [1.82, 2.24) is 10.2 Å². The summed E-state index contributed by atoms with van der Waals surface area (Å²) in [6.07, 6.45) is 0.331. The van der Waals surface area contributed by atoms with Gasteiger partial charge in [0.1, 0.15) is 17.2 Å². The number of hydrogen-bond donors (Lipinski definition) is 2. The highest BCUT2D eigenvalue weighted by Crippen LogP contribution is 2.49. The molecule has 0 saturated heterocycles. The number of carbonyl (C=O) groups excluding carboxylic acids is 1. The molecule has 0 aliphatic heterocycles. The van der Waals surface area contributed by atoms with Crippen molar-refractivity contribution >= 4 is 5.91 Å². The van der Waals surface area contributed by atoms with Crippen LogP contribution in [-0.2, 0) is 9.53 Å². The Bertz CT molecular complexity index is 646. The SMILES string of the molecule is CCOC1CC(N)(C(=O)NCC(c2c(F)cccc2F)N(C)C)C1(C)C. The van der Waals surface area contributed by atoms with Crippen LogP contribution < -0.4 is 11.1 Å². The van der Waals surface area contributed by atoms with Crippen LogP contribution in [0.5, 0.6) is 0 Å². The van der Waals surface area contributed by atoms with Gasteiger partial charge in [-0.25, -0.2) is 8.78 Å². The van der Waals surface area contributed by atoms with Crippen LogP contribution in [0.4, 0.5) is 8.78 Å². The van der Waals surface area contributed by atoms with E-state index < -0.39 is 28.6 Å². The molecular formula is C19H29F2N3O2. The predicted molar refractivity (Wildman–Crippen MR) is 96.5 cm³/mol. The minimum atomic E-state index is -1.07. The number of carbonyl (C=O) groups is 1. The molecule has 7 heteroatoms. The van der Waals surface area contributed by atoms with E-state index in [-0.39, 0.29) is 24.1 Å². The zero-order valence-electron chi connectivity index (χ0n) is 16.1. The van der Waals surface area contributed by atoms with Crippen LogP contribution in [-0.4, -0.2) is 49.7 Å². The van der Waals surface area contributed by atoms with Crippen molar-refractivity contribution < 1.29 is 18.3 Å². The van der Waals surface area contributed by atoms with Gasteiger partial charge in [-0.1, -0.05) is 19.9 Å². The Labute approximate surface area is 153 Å². The third-order valence-electron chi connectivity index (χ3n) is 5.65. The molecule has 3 atom stereocenters. The van der Waals surface area contributed by atoms with Gasteiger partial charge in [-0.2, -0.15) is 0 Å². The molecule has 26 heavy (non-hydrogen) atoms. The van der Waals surface area contributed by atoms with Crippen LogP contribution in [0.1, 0.15) is 38.8 Å². The smallest absolute Gasteiger partial charge is 0.240 e. The summed E-state index contributed by atoms with van der Waals surface area (Å²) in [5.41, 5.74) is 4.69. The predicted octanol–water partition coefficient (Wildman–Crippen LogP) is 2.22. The van der Waals surface area contributed by atoms with Crippen molar-refractivity contribution in [2.75, 3.05) is 27.2 Å². The van der Waals surface area contributed by atoms with Gasteiger partial charge in [-0.05, 0) is 33.2 Å². The van der Waals surface area contributed by atoms with Gasteiger partial charge in [0, 0.05) is 30.6 Å². The molecule has 1 aromatic rings. The number of benzene rings is 1. The van der Waals surface area contributed by atoms with Gasteiger partial charge < -0.3 is 20.7 Å². The Kier molecular flexibility index (Phi) is 6.05. The van der Waals surface area contributed by atoms with Crippen molar-refractivity contribution in [3.63, 3.8) is 0 Å². The van der Waals surface area contributed by atoms with Gasteiger partial charge in [-0.15, -0.1) is 0 Å². The molecule has 1 aliphatic rings. The summed E-state index contributed by atoms with van der Waals surface area (Å²) in [6.45, 7) is 6.31. The Morgan fingerprint density at radius 1 is 1.38 bits per heavy atom. The van der Waals surface area contributed by atoms with E-state index in [1.807, 2.05) is 20.8 Å². The van der Waals surface area contributed by atoms with E-state index in [4.69, 9.17) is 10.5 Å². The van der Waals surface area contributed by atoms with Gasteiger partial charge in [0.25, 0.3) is 0 Å². The molecule has 0 spiro atoms. The number of nitrogens with one attached hydrogen (secondary N) is 1. The zero-order chi connectivity index (χ0) is 19.7. The van der Waals surface area contributed by atoms with Crippen molar-refractivity contribution in [3.8, 4) is 0 Å². The Hall–Kier alpha value is -1.57. The number of amides is 1. The molecule has 1 aliphatic carbocycles. The fraction of sp³-hybridized carbons (Fsp3) is 0.632. The molecule has 0 bridgehead atoms. The number of ether oxygens (including phenoxy) is 1. The molecule has 2 rings (SSSR count). The summed E-state index contributed by atoms with van der Waals surface area (Å²) in [5, 5.41) is 2.78. The minimum Gasteiger partial charge on any atom is -0.378 e. The van der Waals surface area contributed by atoms with E-state index in [1.54, 1.807) is 19.0 Å². The highest BCUT2D eigenvalue weighted by atomic mass is 19.1. The highest BCUT2D eigenvalue weighted by Gasteiger charge is 2.62. The maximum atomic E-state index is 14.1. The number of nitrogens with zero attached hydrogens (tertiary/aromatic N) is 1. The first kappa shape index (κ1) is 20.7. The molecule has 0 aromatic heterocycles. The van der Waals surface area contributed by atoms with Gasteiger partial charge in [-0.3, -0.25) is 4.79 Å². The summed E-state index contributed by atoms with van der Waals surface area (Å²) in [7, 11) is 3.42. The van der Waals surface area contributed by atoms with E-state index in [0.717, 1.165) is 0 Å². The van der Waals surface area contributed by atoms with Crippen LogP contribution in [0, 0.1) is 17.0 Å². The van der Waals surface area contributed by atoms with E-state index in [2.05, 4.69) is 5.32 Å². The zero-order valence-corrected chi connectivity index (χ0v) is 16.1. The van der Waals surface area contributed by atoms with E-state index in [0.29, 0.717) is 13.0 Å². The summed E-state index contributed by atoms with van der Waals surface area (Å²) in [5.74, 6) is -1.61. The van der Waals surface area contributed by atoms with Crippen molar-refractivity contribution in [1.29, 1.82) is 0 Å². The molecule has 5 nitrogen and oxygen atoms in total. The van der Waals surface area contributed by atoms with Gasteiger partial charge in [0.2, 0.25) is 5.91 Å². The third kappa shape index (κ3) is 3.48. The molecule has 146 valence electrons. The van der Waals surface area contributed by atoms with Gasteiger partial charge in [0.15, 0.2) is 0 Å². The number of halogens is 2. The molecule has 3 N–H and O–H groups in total.